The number of hydrogen-bond acceptors (Lipinski definition) is 3. The van der Waals surface area contributed by atoms with Crippen LogP contribution in [-0.4, -0.2) is 17.7 Å². The standard InChI is InChI=1S/C13H16BrFO3/c1-2-7-18-13(17)6-5-12(16)9-3-4-11(15)10(14)8-9/h3-4,8,12,16H,2,5-7H2,1H3. The van der Waals surface area contributed by atoms with Gasteiger partial charge in [0.05, 0.1) is 17.2 Å². The maximum Gasteiger partial charge on any atom is 0.305 e. The zero-order valence-electron chi connectivity index (χ0n) is 10.2. The number of benzene rings is 1. The first kappa shape index (κ1) is 15.1. The third-order valence-electron chi connectivity index (χ3n) is 2.42. The highest BCUT2D eigenvalue weighted by atomic mass is 79.9. The predicted octanol–water partition coefficient (Wildman–Crippen LogP) is 3.36. The van der Waals surface area contributed by atoms with Crippen LogP contribution in [-0.2, 0) is 9.53 Å². The first-order chi connectivity index (χ1) is 8.54. The van der Waals surface area contributed by atoms with E-state index in [1.807, 2.05) is 6.92 Å². The van der Waals surface area contributed by atoms with E-state index in [1.54, 1.807) is 0 Å². The molecule has 0 saturated carbocycles. The molecule has 1 aromatic carbocycles. The van der Waals surface area contributed by atoms with Crippen molar-refractivity contribution >= 4 is 21.9 Å². The Balaban J connectivity index is 2.47. The van der Waals surface area contributed by atoms with Gasteiger partial charge in [0.15, 0.2) is 0 Å². The third kappa shape index (κ3) is 4.74. The molecule has 0 aliphatic carbocycles. The summed E-state index contributed by atoms with van der Waals surface area (Å²) in [5, 5.41) is 9.86. The Kier molecular flexibility index (Phi) is 6.29. The lowest BCUT2D eigenvalue weighted by Crippen LogP contribution is -2.08. The summed E-state index contributed by atoms with van der Waals surface area (Å²) >= 11 is 3.05. The van der Waals surface area contributed by atoms with E-state index in [4.69, 9.17) is 4.74 Å². The maximum atomic E-state index is 13.0. The highest BCUT2D eigenvalue weighted by Gasteiger charge is 2.12. The summed E-state index contributed by atoms with van der Waals surface area (Å²) in [6.07, 6.45) is 0.395. The molecule has 0 radical (unpaired) electrons. The molecule has 0 saturated heterocycles. The lowest BCUT2D eigenvalue weighted by atomic mass is 10.1. The summed E-state index contributed by atoms with van der Waals surface area (Å²) in [7, 11) is 0. The smallest absolute Gasteiger partial charge is 0.305 e. The molecule has 0 heterocycles. The molecule has 3 nitrogen and oxygen atoms in total. The topological polar surface area (TPSA) is 46.5 Å². The molecule has 0 amide bonds. The Labute approximate surface area is 114 Å². The molecule has 0 aromatic heterocycles. The molecule has 100 valence electrons. The van der Waals surface area contributed by atoms with Crippen molar-refractivity contribution < 1.29 is 19.0 Å². The third-order valence-corrected chi connectivity index (χ3v) is 3.03. The van der Waals surface area contributed by atoms with Gasteiger partial charge in [-0.1, -0.05) is 13.0 Å². The zero-order valence-corrected chi connectivity index (χ0v) is 11.7. The number of carbonyl (C=O) groups is 1. The van der Waals surface area contributed by atoms with Crippen molar-refractivity contribution in [1.29, 1.82) is 0 Å². The van der Waals surface area contributed by atoms with Gasteiger partial charge in [0.25, 0.3) is 0 Å². The molecule has 18 heavy (non-hydrogen) atoms. The van der Waals surface area contributed by atoms with Gasteiger partial charge in [0.2, 0.25) is 0 Å². The van der Waals surface area contributed by atoms with Crippen LogP contribution < -0.4 is 0 Å². The van der Waals surface area contributed by atoms with Gasteiger partial charge in [0, 0.05) is 6.42 Å². The number of esters is 1. The number of aliphatic hydroxyl groups excluding tert-OH is 1. The van der Waals surface area contributed by atoms with Crippen molar-refractivity contribution in [3.05, 3.63) is 34.1 Å². The van der Waals surface area contributed by atoms with Crippen molar-refractivity contribution in [2.75, 3.05) is 6.61 Å². The number of rotatable bonds is 6. The highest BCUT2D eigenvalue weighted by Crippen LogP contribution is 2.24. The molecule has 0 bridgehead atoms. The van der Waals surface area contributed by atoms with Gasteiger partial charge in [0.1, 0.15) is 5.82 Å². The molecule has 1 atom stereocenters. The molecule has 0 spiro atoms. The Morgan fingerprint density at radius 3 is 2.89 bits per heavy atom. The van der Waals surface area contributed by atoms with E-state index in [-0.39, 0.29) is 24.6 Å². The van der Waals surface area contributed by atoms with Gasteiger partial charge in [-0.15, -0.1) is 0 Å². The minimum atomic E-state index is -0.795. The number of ether oxygens (including phenoxy) is 1. The van der Waals surface area contributed by atoms with Gasteiger partial charge in [-0.05, 0) is 46.5 Å². The van der Waals surface area contributed by atoms with E-state index in [0.717, 1.165) is 6.42 Å². The van der Waals surface area contributed by atoms with Crippen LogP contribution in [0.1, 0.15) is 37.9 Å². The number of aliphatic hydroxyl groups is 1. The van der Waals surface area contributed by atoms with Crippen LogP contribution in [0.25, 0.3) is 0 Å². The molecule has 1 rings (SSSR count). The number of carbonyl (C=O) groups excluding carboxylic acids is 1. The SMILES string of the molecule is CCCOC(=O)CCC(O)c1ccc(F)c(Br)c1. The van der Waals surface area contributed by atoms with Crippen LogP contribution in [0.2, 0.25) is 0 Å². The minimum absolute atomic E-state index is 0.149. The molecular formula is C13H16BrFO3. The average molecular weight is 319 g/mol. The van der Waals surface area contributed by atoms with Gasteiger partial charge < -0.3 is 9.84 Å². The second kappa shape index (κ2) is 7.48. The summed E-state index contributed by atoms with van der Waals surface area (Å²) in [6, 6.07) is 4.29. The average Bonchev–Trinajstić information content (AvgIpc) is 2.36. The largest absolute Gasteiger partial charge is 0.466 e. The van der Waals surface area contributed by atoms with E-state index >= 15 is 0 Å². The summed E-state index contributed by atoms with van der Waals surface area (Å²) in [5.41, 5.74) is 0.576. The fourth-order valence-corrected chi connectivity index (χ4v) is 1.83. The van der Waals surface area contributed by atoms with Crippen molar-refractivity contribution in [3.63, 3.8) is 0 Å². The van der Waals surface area contributed by atoms with Crippen molar-refractivity contribution in [2.45, 2.75) is 32.3 Å². The Bertz CT molecular complexity index is 409. The summed E-state index contributed by atoms with van der Waals surface area (Å²) < 4.78 is 18.2. The van der Waals surface area contributed by atoms with E-state index in [1.165, 1.54) is 18.2 Å². The van der Waals surface area contributed by atoms with E-state index in [0.29, 0.717) is 16.6 Å². The summed E-state index contributed by atoms with van der Waals surface area (Å²) in [6.45, 7) is 2.31. The fraction of sp³-hybridized carbons (Fsp3) is 0.462. The molecule has 1 aromatic rings. The van der Waals surface area contributed by atoms with Crippen LogP contribution >= 0.6 is 15.9 Å². The van der Waals surface area contributed by atoms with Gasteiger partial charge in [-0.3, -0.25) is 4.79 Å². The Hall–Kier alpha value is -0.940. The van der Waals surface area contributed by atoms with Crippen molar-refractivity contribution in [1.82, 2.24) is 0 Å². The predicted molar refractivity (Wildman–Crippen MR) is 69.5 cm³/mol. The summed E-state index contributed by atoms with van der Waals surface area (Å²) in [5.74, 6) is -0.703. The van der Waals surface area contributed by atoms with Crippen molar-refractivity contribution in [2.24, 2.45) is 0 Å². The Morgan fingerprint density at radius 1 is 1.56 bits per heavy atom. The van der Waals surface area contributed by atoms with E-state index in [9.17, 15) is 14.3 Å². The van der Waals surface area contributed by atoms with Gasteiger partial charge in [-0.25, -0.2) is 4.39 Å². The van der Waals surface area contributed by atoms with Crippen LogP contribution in [0, 0.1) is 5.82 Å². The van der Waals surface area contributed by atoms with Crippen LogP contribution in [0.4, 0.5) is 4.39 Å². The zero-order chi connectivity index (χ0) is 13.5. The lowest BCUT2D eigenvalue weighted by molar-refractivity contribution is -0.144. The number of hydrogen-bond donors (Lipinski definition) is 1. The molecule has 0 aliphatic rings. The molecule has 1 unspecified atom stereocenters. The molecular weight excluding hydrogens is 303 g/mol. The van der Waals surface area contributed by atoms with Crippen molar-refractivity contribution in [3.8, 4) is 0 Å². The fourth-order valence-electron chi connectivity index (χ4n) is 1.43. The second-order valence-electron chi connectivity index (χ2n) is 3.95. The van der Waals surface area contributed by atoms with Crippen LogP contribution in [0.3, 0.4) is 0 Å². The minimum Gasteiger partial charge on any atom is -0.466 e. The molecule has 1 N–H and O–H groups in total. The Morgan fingerprint density at radius 2 is 2.28 bits per heavy atom. The second-order valence-corrected chi connectivity index (χ2v) is 4.80. The molecule has 0 fully saturated rings. The monoisotopic (exact) mass is 318 g/mol. The highest BCUT2D eigenvalue weighted by molar-refractivity contribution is 9.10. The quantitative estimate of drug-likeness (QED) is 0.818. The normalized spacial score (nSPS) is 12.2. The molecule has 0 aliphatic heterocycles. The first-order valence-electron chi connectivity index (χ1n) is 5.83. The van der Waals surface area contributed by atoms with Gasteiger partial charge in [-0.2, -0.15) is 0 Å². The maximum absolute atomic E-state index is 13.0. The van der Waals surface area contributed by atoms with Crippen LogP contribution in [0.5, 0.6) is 0 Å². The van der Waals surface area contributed by atoms with Crippen LogP contribution in [0.15, 0.2) is 22.7 Å². The summed E-state index contributed by atoms with van der Waals surface area (Å²) in [4.78, 5) is 11.3. The van der Waals surface area contributed by atoms with E-state index < -0.39 is 6.10 Å². The number of halogens is 2. The van der Waals surface area contributed by atoms with E-state index in [2.05, 4.69) is 15.9 Å². The molecule has 5 heteroatoms. The first-order valence-corrected chi connectivity index (χ1v) is 6.62. The lowest BCUT2D eigenvalue weighted by Gasteiger charge is -2.11. The van der Waals surface area contributed by atoms with Gasteiger partial charge >= 0.3 is 5.97 Å².